The van der Waals surface area contributed by atoms with Gasteiger partial charge in [-0.2, -0.15) is 32.1 Å². The number of aryl methyl sites for hydroxylation is 2. The first-order valence-corrected chi connectivity index (χ1v) is 21.9. The van der Waals surface area contributed by atoms with Crippen LogP contribution in [0.2, 0.25) is 5.02 Å². The third-order valence-electron chi connectivity index (χ3n) is 11.4. The van der Waals surface area contributed by atoms with Crippen molar-refractivity contribution in [3.63, 3.8) is 0 Å². The molecule has 13 nitrogen and oxygen atoms in total. The van der Waals surface area contributed by atoms with Crippen LogP contribution in [0.15, 0.2) is 65.5 Å². The molecule has 0 spiro atoms. The van der Waals surface area contributed by atoms with Crippen molar-refractivity contribution in [3.05, 3.63) is 127 Å². The normalized spacial score (nSPS) is 17.1. The van der Waals surface area contributed by atoms with Gasteiger partial charge in [0, 0.05) is 42.3 Å². The van der Waals surface area contributed by atoms with E-state index in [1.807, 2.05) is 0 Å². The molecule has 0 radical (unpaired) electrons. The Bertz CT molecular complexity index is 3350. The highest BCUT2D eigenvalue weighted by Gasteiger charge is 2.67. The first-order valence-electron chi connectivity index (χ1n) is 19.7. The van der Waals surface area contributed by atoms with Crippen LogP contribution in [0.4, 0.5) is 45.3 Å². The average molecular weight is 964 g/mol. The zero-order valence-corrected chi connectivity index (χ0v) is 35.7. The summed E-state index contributed by atoms with van der Waals surface area (Å²) in [4.78, 5) is 38.2. The van der Waals surface area contributed by atoms with E-state index in [1.54, 1.807) is 0 Å². The van der Waals surface area contributed by atoms with Crippen LogP contribution < -0.4 is 15.6 Å². The summed E-state index contributed by atoms with van der Waals surface area (Å²) in [6.45, 7) is 0.267. The summed E-state index contributed by atoms with van der Waals surface area (Å²) in [6, 6.07) is 8.74. The smallest absolute Gasteiger partial charge is 0.344 e. The number of halogens is 10. The molecule has 344 valence electrons. The Balaban J connectivity index is 1.27. The number of fused-ring (bicyclic) bond motifs is 5. The number of nitrogens with one attached hydrogen (secondary N) is 2. The van der Waals surface area contributed by atoms with Crippen LogP contribution in [0.3, 0.4) is 0 Å². The molecule has 0 saturated heterocycles. The molecule has 0 unspecified atom stereocenters. The second kappa shape index (κ2) is 15.6. The van der Waals surface area contributed by atoms with Crippen molar-refractivity contribution in [3.8, 4) is 16.9 Å². The molecule has 1 fully saturated rings. The van der Waals surface area contributed by atoms with Gasteiger partial charge >= 0.3 is 6.18 Å². The lowest BCUT2D eigenvalue weighted by molar-refractivity contribution is -0.137. The number of aromatic nitrogens is 7. The van der Waals surface area contributed by atoms with Crippen molar-refractivity contribution >= 4 is 55.2 Å². The second-order valence-corrected chi connectivity index (χ2v) is 18.3. The Hall–Kier alpha value is -6.49. The molecule has 4 heterocycles. The molecule has 24 heteroatoms. The molecular weight excluding hydrogens is 933 g/mol. The number of hydrogen-bond acceptors (Lipinski definition) is 8. The summed E-state index contributed by atoms with van der Waals surface area (Å²) < 4.78 is 160. The second-order valence-electron chi connectivity index (χ2n) is 16.1. The number of anilines is 1. The highest BCUT2D eigenvalue weighted by Crippen LogP contribution is 2.68. The van der Waals surface area contributed by atoms with Gasteiger partial charge in [0.2, 0.25) is 15.9 Å². The van der Waals surface area contributed by atoms with Crippen LogP contribution in [0, 0.1) is 24.5 Å². The molecule has 0 bridgehead atoms. The summed E-state index contributed by atoms with van der Waals surface area (Å²) in [5.74, 6) is -9.72. The minimum atomic E-state index is -4.76. The summed E-state index contributed by atoms with van der Waals surface area (Å²) >= 11 is 6.60. The average Bonchev–Trinajstić information content (AvgIpc) is 3.75. The Labute approximate surface area is 371 Å². The minimum absolute atomic E-state index is 0.0000382. The predicted molar refractivity (Wildman–Crippen MR) is 221 cm³/mol. The number of carbonyl (C=O) groups is 1. The molecule has 66 heavy (non-hydrogen) atoms. The molecule has 3 aromatic carbocycles. The summed E-state index contributed by atoms with van der Waals surface area (Å²) in [6.07, 6.45) is -7.82. The van der Waals surface area contributed by atoms with Crippen molar-refractivity contribution in [1.29, 1.82) is 0 Å². The fourth-order valence-electron chi connectivity index (χ4n) is 8.72. The summed E-state index contributed by atoms with van der Waals surface area (Å²) in [5, 5.41) is 10.3. The van der Waals surface area contributed by atoms with E-state index in [-0.39, 0.29) is 72.8 Å². The monoisotopic (exact) mass is 963 g/mol. The zero-order valence-electron chi connectivity index (χ0n) is 34.2. The number of hydrogen-bond donors (Lipinski definition) is 2. The van der Waals surface area contributed by atoms with Gasteiger partial charge in [0.25, 0.3) is 17.9 Å². The number of amides is 1. The summed E-state index contributed by atoms with van der Waals surface area (Å²) in [7, 11) is -2.60. The highest BCUT2D eigenvalue weighted by atomic mass is 35.5. The first-order chi connectivity index (χ1) is 30.9. The van der Waals surface area contributed by atoms with E-state index >= 15 is 13.6 Å². The van der Waals surface area contributed by atoms with Gasteiger partial charge < -0.3 is 5.32 Å². The van der Waals surface area contributed by atoms with E-state index in [0.29, 0.717) is 10.7 Å². The van der Waals surface area contributed by atoms with Gasteiger partial charge in [-0.05, 0) is 73.4 Å². The number of alkyl halides is 7. The van der Waals surface area contributed by atoms with Gasteiger partial charge in [-0.1, -0.05) is 17.7 Å². The number of benzene rings is 3. The molecule has 1 amide bonds. The van der Waals surface area contributed by atoms with E-state index in [9.17, 15) is 43.9 Å². The van der Waals surface area contributed by atoms with Crippen LogP contribution in [0.1, 0.15) is 64.4 Å². The number of nitrogens with zero attached hydrogens (tertiary/aromatic N) is 7. The Morgan fingerprint density at radius 1 is 1.00 bits per heavy atom. The molecular formula is C42H31ClF9N9O4S. The lowest BCUT2D eigenvalue weighted by Gasteiger charge is -2.24. The number of rotatable bonds is 11. The maximum atomic E-state index is 15.6. The first kappa shape index (κ1) is 44.7. The van der Waals surface area contributed by atoms with E-state index in [2.05, 4.69) is 25.2 Å². The molecule has 7 aromatic rings. The van der Waals surface area contributed by atoms with E-state index < -0.39 is 105 Å². The maximum Gasteiger partial charge on any atom is 0.416 e. The van der Waals surface area contributed by atoms with Crippen LogP contribution in [-0.2, 0) is 46.9 Å². The Morgan fingerprint density at radius 3 is 2.38 bits per heavy atom. The lowest BCUT2D eigenvalue weighted by Crippen LogP contribution is -2.38. The zero-order chi connectivity index (χ0) is 47.5. The molecule has 1 saturated carbocycles. The van der Waals surface area contributed by atoms with Gasteiger partial charge in [-0.3, -0.25) is 33.2 Å². The Kier molecular flexibility index (Phi) is 10.5. The molecule has 2 aliphatic rings. The van der Waals surface area contributed by atoms with Gasteiger partial charge in [-0.25, -0.2) is 31.0 Å². The van der Waals surface area contributed by atoms with Crippen molar-refractivity contribution in [1.82, 2.24) is 39.4 Å². The molecule has 3 atom stereocenters. The number of carbonyl (C=O) groups excluding carboxylic acids is 1. The van der Waals surface area contributed by atoms with Crippen LogP contribution >= 0.6 is 11.6 Å². The maximum absolute atomic E-state index is 15.6. The molecule has 2 N–H and O–H groups in total. The number of pyridine rings is 1. The minimum Gasteiger partial charge on any atom is -0.344 e. The van der Waals surface area contributed by atoms with Gasteiger partial charge in [0.15, 0.2) is 5.82 Å². The standard InChI is InChI=1S/C42H31ClF9N9O4S/c1-17-8-20(42(50,51)52)13-27(53-17)19-4-5-23-28(12-19)55-39(61(40(23)63)30-7-6-26(43)33-35(30)59(2)57-38(33)58-66(3,64)65)29(11-18-9-21(44)14-22(45)10-18)54-31(62)16-60-36-32(34(56-60)37(46)47)24-15-25(24)41(36,48)49/h4-10,12-14,24-25,29,37H,11,15-16H2,1-3H3,(H,54,62)(H,57,58)/t24-,25+,29-/m0/s1. The van der Waals surface area contributed by atoms with E-state index in [0.717, 1.165) is 35.1 Å². The van der Waals surface area contributed by atoms with E-state index in [4.69, 9.17) is 16.6 Å². The van der Waals surface area contributed by atoms with Crippen molar-refractivity contribution in [2.45, 2.75) is 56.8 Å². The summed E-state index contributed by atoms with van der Waals surface area (Å²) in [5.41, 5.74) is -4.58. The van der Waals surface area contributed by atoms with Crippen LogP contribution in [-0.4, -0.2) is 54.7 Å². The van der Waals surface area contributed by atoms with Crippen molar-refractivity contribution < 1.29 is 52.7 Å². The highest BCUT2D eigenvalue weighted by molar-refractivity contribution is 7.92. The van der Waals surface area contributed by atoms with Gasteiger partial charge in [0.05, 0.1) is 56.1 Å². The topological polar surface area (TPSA) is 159 Å². The number of sulfonamides is 1. The van der Waals surface area contributed by atoms with Crippen LogP contribution in [0.25, 0.3) is 38.8 Å². The molecule has 2 aliphatic carbocycles. The quantitative estimate of drug-likeness (QED) is 0.122. The predicted octanol–water partition coefficient (Wildman–Crippen LogP) is 8.41. The fraction of sp³-hybridized carbons (Fsp3) is 0.286. The molecule has 4 aromatic heterocycles. The molecule has 9 rings (SSSR count). The fourth-order valence-corrected chi connectivity index (χ4v) is 9.46. The van der Waals surface area contributed by atoms with Crippen molar-refractivity contribution in [2.75, 3.05) is 11.0 Å². The SMILES string of the molecule is Cc1cc(C(F)(F)F)cc(-c2ccc3c(=O)n(-c4ccc(Cl)c5c(NS(C)(=O)=O)nn(C)c45)c([C@H](Cc4cc(F)cc(F)c4)NC(=O)Cn4nc(C(F)F)c5c4C(F)(F)[C@@H]4C[C@H]54)nc3c2)n1. The van der Waals surface area contributed by atoms with Crippen molar-refractivity contribution in [2.24, 2.45) is 13.0 Å². The van der Waals surface area contributed by atoms with Crippen LogP contribution in [0.5, 0.6) is 0 Å². The lowest BCUT2D eigenvalue weighted by atomic mass is 10.0. The van der Waals surface area contributed by atoms with E-state index in [1.165, 1.54) is 49.0 Å². The molecule has 0 aliphatic heterocycles. The Morgan fingerprint density at radius 2 is 1.71 bits per heavy atom. The largest absolute Gasteiger partial charge is 0.416 e. The van der Waals surface area contributed by atoms with Gasteiger partial charge in [-0.15, -0.1) is 0 Å². The third kappa shape index (κ3) is 7.90. The van der Waals surface area contributed by atoms with Gasteiger partial charge in [0.1, 0.15) is 35.4 Å². The third-order valence-corrected chi connectivity index (χ3v) is 12.3.